The highest BCUT2D eigenvalue weighted by molar-refractivity contribution is 7.14. The van der Waals surface area contributed by atoms with Crippen LogP contribution in [-0.2, 0) is 19.6 Å². The molecule has 1 N–H and O–H groups in total. The molecule has 0 atom stereocenters. The van der Waals surface area contributed by atoms with E-state index in [1.54, 1.807) is 10.7 Å². The monoisotopic (exact) mass is 358 g/mol. The molecule has 1 aromatic carbocycles. The van der Waals surface area contributed by atoms with Crippen LogP contribution < -0.4 is 4.74 Å². The quantitative estimate of drug-likeness (QED) is 0.666. The molecule has 3 aromatic rings. The normalized spacial score (nSPS) is 10.8. The molecule has 0 aliphatic rings. The minimum Gasteiger partial charge on any atom is -0.484 e. The number of nitrogens with zero attached hydrogens (tertiary/aromatic N) is 4. The summed E-state index contributed by atoms with van der Waals surface area (Å²) < 4.78 is 7.36. The molecule has 0 fully saturated rings. The zero-order valence-corrected chi connectivity index (χ0v) is 14.6. The second-order valence-corrected chi connectivity index (χ2v) is 6.63. The van der Waals surface area contributed by atoms with Crippen LogP contribution >= 0.6 is 11.3 Å². The van der Waals surface area contributed by atoms with E-state index in [-0.39, 0.29) is 11.5 Å². The van der Waals surface area contributed by atoms with Gasteiger partial charge in [-0.15, -0.1) is 16.4 Å². The molecule has 0 aliphatic heterocycles. The lowest BCUT2D eigenvalue weighted by Gasteiger charge is -2.06. The molecule has 7 nitrogen and oxygen atoms in total. The molecule has 0 aliphatic carbocycles. The average molecular weight is 358 g/mol. The van der Waals surface area contributed by atoms with E-state index < -0.39 is 5.97 Å². The summed E-state index contributed by atoms with van der Waals surface area (Å²) >= 11 is 1.25. The topological polar surface area (TPSA) is 90.1 Å². The lowest BCUT2D eigenvalue weighted by Crippen LogP contribution is -2.10. The van der Waals surface area contributed by atoms with E-state index >= 15 is 0 Å². The Morgan fingerprint density at radius 1 is 1.32 bits per heavy atom. The van der Waals surface area contributed by atoms with Crippen molar-refractivity contribution in [3.8, 4) is 5.75 Å². The van der Waals surface area contributed by atoms with E-state index in [9.17, 15) is 9.90 Å². The maximum absolute atomic E-state index is 11.4. The molecule has 130 valence electrons. The highest BCUT2D eigenvalue weighted by Gasteiger charge is 2.18. The maximum atomic E-state index is 11.4. The summed E-state index contributed by atoms with van der Waals surface area (Å²) in [6.07, 6.45) is 1.79. The van der Waals surface area contributed by atoms with Gasteiger partial charge in [0.1, 0.15) is 12.4 Å². The minimum absolute atomic E-state index is 0.114. The van der Waals surface area contributed by atoms with Gasteiger partial charge in [-0.05, 0) is 28.5 Å². The molecule has 0 saturated carbocycles. The van der Waals surface area contributed by atoms with Gasteiger partial charge < -0.3 is 9.84 Å². The number of ether oxygens (including phenoxy) is 1. The number of rotatable bonds is 8. The second-order valence-electron chi connectivity index (χ2n) is 5.49. The summed E-state index contributed by atoms with van der Waals surface area (Å²) in [5.41, 5.74) is 1.07. The van der Waals surface area contributed by atoms with Gasteiger partial charge in [-0.25, -0.2) is 9.48 Å². The highest BCUT2D eigenvalue weighted by Crippen LogP contribution is 2.30. The summed E-state index contributed by atoms with van der Waals surface area (Å²) in [5.74, 6) is -0.0649. The van der Waals surface area contributed by atoms with Gasteiger partial charge in [-0.2, -0.15) is 0 Å². The van der Waals surface area contributed by atoms with Gasteiger partial charge in [0.05, 0.1) is 6.54 Å². The van der Waals surface area contributed by atoms with Crippen LogP contribution in [0.2, 0.25) is 0 Å². The lowest BCUT2D eigenvalue weighted by atomic mass is 10.2. The molecule has 0 spiro atoms. The van der Waals surface area contributed by atoms with Gasteiger partial charge in [-0.3, -0.25) is 0 Å². The molecule has 0 amide bonds. The highest BCUT2D eigenvalue weighted by atomic mass is 32.1. The van der Waals surface area contributed by atoms with E-state index in [4.69, 9.17) is 4.74 Å². The number of carboxylic acid groups (broad SMARTS) is 1. The third-order valence-electron chi connectivity index (χ3n) is 3.58. The van der Waals surface area contributed by atoms with Crippen LogP contribution in [0, 0.1) is 0 Å². The number of aryl methyl sites for hydroxylation is 1. The predicted octanol–water partition coefficient (Wildman–Crippen LogP) is 3.01. The molecule has 8 heteroatoms. The van der Waals surface area contributed by atoms with Crippen LogP contribution in [-0.4, -0.2) is 31.3 Å². The number of hydrogen-bond acceptors (Lipinski definition) is 6. The van der Waals surface area contributed by atoms with Crippen LogP contribution in [0.25, 0.3) is 0 Å². The van der Waals surface area contributed by atoms with Gasteiger partial charge >= 0.3 is 5.97 Å². The Balaban J connectivity index is 1.72. The minimum atomic E-state index is -0.980. The predicted molar refractivity (Wildman–Crippen MR) is 93.0 cm³/mol. The number of tetrazole rings is 1. The second kappa shape index (κ2) is 7.89. The zero-order chi connectivity index (χ0) is 17.6. The number of benzene rings is 1. The first-order chi connectivity index (χ1) is 12.2. The number of carbonyl (C=O) groups is 1. The first-order valence-corrected chi connectivity index (χ1v) is 8.76. The largest absolute Gasteiger partial charge is 0.484 e. The van der Waals surface area contributed by atoms with Gasteiger partial charge in [-0.1, -0.05) is 43.7 Å². The molecule has 0 saturated heterocycles. The number of thiophene rings is 1. The molecule has 2 heterocycles. The molecule has 2 aromatic heterocycles. The Kier molecular flexibility index (Phi) is 5.39. The fraction of sp³-hybridized carbons (Fsp3) is 0.294. The molecule has 0 unspecified atom stereocenters. The van der Waals surface area contributed by atoms with Crippen LogP contribution in [0.5, 0.6) is 5.75 Å². The first kappa shape index (κ1) is 17.1. The van der Waals surface area contributed by atoms with E-state index in [2.05, 4.69) is 22.4 Å². The summed E-state index contributed by atoms with van der Waals surface area (Å²) in [4.78, 5) is 12.6. The summed E-state index contributed by atoms with van der Waals surface area (Å²) in [6.45, 7) is 2.70. The summed E-state index contributed by atoms with van der Waals surface area (Å²) in [7, 11) is 0. The van der Waals surface area contributed by atoms with Crippen LogP contribution in [0.15, 0.2) is 36.4 Å². The van der Waals surface area contributed by atoms with Crippen molar-refractivity contribution in [1.29, 1.82) is 0 Å². The van der Waals surface area contributed by atoms with Gasteiger partial charge in [0.15, 0.2) is 10.7 Å². The van der Waals surface area contributed by atoms with Crippen molar-refractivity contribution in [1.82, 2.24) is 20.2 Å². The average Bonchev–Trinajstić information content (AvgIpc) is 3.21. The van der Waals surface area contributed by atoms with E-state index in [1.807, 2.05) is 30.3 Å². The smallest absolute Gasteiger partial charge is 0.349 e. The Hall–Kier alpha value is -2.74. The zero-order valence-electron chi connectivity index (χ0n) is 13.8. The number of carboxylic acids is 1. The number of aromatic carboxylic acids is 1. The van der Waals surface area contributed by atoms with Crippen molar-refractivity contribution in [3.63, 3.8) is 0 Å². The SMILES string of the molecule is CCCc1cc(OCc2nnnn2Cc2ccccc2)c(C(=O)O)s1. The molecular formula is C17H18N4O3S. The number of hydrogen-bond donors (Lipinski definition) is 1. The van der Waals surface area contributed by atoms with E-state index in [0.717, 1.165) is 23.3 Å². The Morgan fingerprint density at radius 3 is 2.84 bits per heavy atom. The third-order valence-corrected chi connectivity index (χ3v) is 4.74. The first-order valence-electron chi connectivity index (χ1n) is 7.95. The van der Waals surface area contributed by atoms with Crippen molar-refractivity contribution < 1.29 is 14.6 Å². The standard InChI is InChI=1S/C17H18N4O3S/c1-2-6-13-9-14(16(25-13)17(22)23)24-11-15-18-19-20-21(15)10-12-7-4-3-5-8-12/h3-5,7-9H,2,6,10-11H2,1H3,(H,22,23). The maximum Gasteiger partial charge on any atom is 0.349 e. The number of aromatic nitrogens is 4. The van der Waals surface area contributed by atoms with Crippen molar-refractivity contribution in [2.45, 2.75) is 32.9 Å². The fourth-order valence-electron chi connectivity index (χ4n) is 2.40. The Morgan fingerprint density at radius 2 is 2.12 bits per heavy atom. The Bertz CT molecular complexity index is 845. The van der Waals surface area contributed by atoms with Crippen molar-refractivity contribution in [3.05, 3.63) is 57.5 Å². The van der Waals surface area contributed by atoms with Crippen LogP contribution in [0.1, 0.15) is 39.3 Å². The lowest BCUT2D eigenvalue weighted by molar-refractivity contribution is 0.0697. The van der Waals surface area contributed by atoms with E-state index in [1.165, 1.54) is 11.3 Å². The Labute approximate surface area is 148 Å². The van der Waals surface area contributed by atoms with Gasteiger partial charge in [0, 0.05) is 4.88 Å². The van der Waals surface area contributed by atoms with Crippen molar-refractivity contribution >= 4 is 17.3 Å². The molecule has 25 heavy (non-hydrogen) atoms. The summed E-state index contributed by atoms with van der Waals surface area (Å²) in [5, 5.41) is 21.0. The van der Waals surface area contributed by atoms with Crippen LogP contribution in [0.4, 0.5) is 0 Å². The van der Waals surface area contributed by atoms with Crippen molar-refractivity contribution in [2.75, 3.05) is 0 Å². The van der Waals surface area contributed by atoms with E-state index in [0.29, 0.717) is 18.1 Å². The summed E-state index contributed by atoms with van der Waals surface area (Å²) in [6, 6.07) is 11.6. The van der Waals surface area contributed by atoms with Gasteiger partial charge in [0.2, 0.25) is 0 Å². The molecule has 0 bridgehead atoms. The molecular weight excluding hydrogens is 340 g/mol. The fourth-order valence-corrected chi connectivity index (χ4v) is 3.44. The molecule has 0 radical (unpaired) electrons. The third kappa shape index (κ3) is 4.21. The molecule has 3 rings (SSSR count). The van der Waals surface area contributed by atoms with Crippen molar-refractivity contribution in [2.24, 2.45) is 0 Å². The van der Waals surface area contributed by atoms with Crippen LogP contribution in [0.3, 0.4) is 0 Å². The van der Waals surface area contributed by atoms with Gasteiger partial charge in [0.25, 0.3) is 0 Å².